The normalized spacial score (nSPS) is 29.1. The highest BCUT2D eigenvalue weighted by atomic mass is 32.2. The number of thioether (sulfide) groups is 1. The molecule has 1 aliphatic carbocycles. The van der Waals surface area contributed by atoms with E-state index in [1.165, 1.54) is 20.4 Å². The maximum absolute atomic E-state index is 12.9. The van der Waals surface area contributed by atoms with Crippen LogP contribution in [-0.2, 0) is 15.0 Å². The van der Waals surface area contributed by atoms with Crippen molar-refractivity contribution in [3.05, 3.63) is 0 Å². The van der Waals surface area contributed by atoms with E-state index in [9.17, 15) is 18.3 Å². The molecule has 0 amide bonds. The van der Waals surface area contributed by atoms with Gasteiger partial charge in [0.05, 0.1) is 5.37 Å². The van der Waals surface area contributed by atoms with Gasteiger partial charge in [0, 0.05) is 18.8 Å². The van der Waals surface area contributed by atoms with E-state index in [-0.39, 0.29) is 11.4 Å². The Labute approximate surface area is 131 Å². The van der Waals surface area contributed by atoms with E-state index in [0.717, 1.165) is 32.1 Å². The van der Waals surface area contributed by atoms with Gasteiger partial charge in [0.15, 0.2) is 0 Å². The van der Waals surface area contributed by atoms with Crippen LogP contribution in [0, 0.1) is 0 Å². The van der Waals surface area contributed by atoms with Crippen molar-refractivity contribution in [2.45, 2.75) is 62.9 Å². The first-order chi connectivity index (χ1) is 9.89. The van der Waals surface area contributed by atoms with Gasteiger partial charge in [-0.1, -0.05) is 26.2 Å². The van der Waals surface area contributed by atoms with Crippen molar-refractivity contribution in [3.8, 4) is 0 Å². The lowest BCUT2D eigenvalue weighted by atomic mass is 9.96. The van der Waals surface area contributed by atoms with E-state index in [0.29, 0.717) is 12.2 Å². The fraction of sp³-hybridized carbons (Fsp3) is 0.923. The second-order valence-corrected chi connectivity index (χ2v) is 8.80. The predicted molar refractivity (Wildman–Crippen MR) is 83.4 cm³/mol. The van der Waals surface area contributed by atoms with Crippen LogP contribution in [0.25, 0.3) is 0 Å². The van der Waals surface area contributed by atoms with Crippen molar-refractivity contribution >= 4 is 27.9 Å². The number of nitrogens with zero attached hydrogens (tertiary/aromatic N) is 2. The molecule has 1 saturated carbocycles. The minimum Gasteiger partial charge on any atom is -0.480 e. The van der Waals surface area contributed by atoms with Crippen molar-refractivity contribution in [2.75, 3.05) is 12.8 Å². The number of carboxylic acids is 1. The molecule has 0 bridgehead atoms. The molecule has 0 aromatic rings. The minimum atomic E-state index is -3.73. The van der Waals surface area contributed by atoms with Gasteiger partial charge in [-0.05, 0) is 19.3 Å². The SMILES string of the molecule is CCC1SCC(C(=O)O)N1S(=O)(=O)N(C)C1CCCCC1. The summed E-state index contributed by atoms with van der Waals surface area (Å²) in [5, 5.41) is 9.04. The fourth-order valence-electron chi connectivity index (χ4n) is 3.12. The summed E-state index contributed by atoms with van der Waals surface area (Å²) in [7, 11) is -2.13. The highest BCUT2D eigenvalue weighted by molar-refractivity contribution is 8.01. The number of carbonyl (C=O) groups is 1. The smallest absolute Gasteiger partial charge is 0.322 e. The molecular formula is C13H24N2O4S2. The van der Waals surface area contributed by atoms with Crippen LogP contribution in [0.4, 0.5) is 0 Å². The van der Waals surface area contributed by atoms with Gasteiger partial charge in [-0.2, -0.15) is 17.0 Å². The third kappa shape index (κ3) is 3.38. The lowest BCUT2D eigenvalue weighted by molar-refractivity contribution is -0.140. The van der Waals surface area contributed by atoms with Gasteiger partial charge in [-0.15, -0.1) is 11.8 Å². The second-order valence-electron chi connectivity index (χ2n) is 5.70. The van der Waals surface area contributed by atoms with Crippen molar-refractivity contribution in [1.82, 2.24) is 8.61 Å². The number of aliphatic carboxylic acids is 1. The molecule has 2 rings (SSSR count). The molecule has 2 atom stereocenters. The van der Waals surface area contributed by atoms with Crippen LogP contribution >= 0.6 is 11.8 Å². The first-order valence-electron chi connectivity index (χ1n) is 7.50. The summed E-state index contributed by atoms with van der Waals surface area (Å²) < 4.78 is 28.4. The Morgan fingerprint density at radius 3 is 2.48 bits per heavy atom. The lowest BCUT2D eigenvalue weighted by Crippen LogP contribution is -2.53. The summed E-state index contributed by atoms with van der Waals surface area (Å²) in [4.78, 5) is 11.4. The molecule has 1 saturated heterocycles. The van der Waals surface area contributed by atoms with Crippen molar-refractivity contribution in [3.63, 3.8) is 0 Å². The highest BCUT2D eigenvalue weighted by Gasteiger charge is 2.47. The zero-order valence-corrected chi connectivity index (χ0v) is 14.2. The standard InChI is InChI=1S/C13H24N2O4S2/c1-3-12-15(11(9-20-12)13(16)17)21(18,19)14(2)10-7-5-4-6-8-10/h10-12H,3-9H2,1-2H3,(H,16,17). The number of hydrogen-bond acceptors (Lipinski definition) is 4. The van der Waals surface area contributed by atoms with Gasteiger partial charge in [-0.25, -0.2) is 0 Å². The summed E-state index contributed by atoms with van der Waals surface area (Å²) >= 11 is 1.42. The summed E-state index contributed by atoms with van der Waals surface area (Å²) in [6, 6.07) is -0.947. The zero-order valence-electron chi connectivity index (χ0n) is 12.6. The first kappa shape index (κ1) is 17.1. The fourth-order valence-corrected chi connectivity index (χ4v) is 6.78. The Morgan fingerprint density at radius 2 is 1.95 bits per heavy atom. The quantitative estimate of drug-likeness (QED) is 0.827. The summed E-state index contributed by atoms with van der Waals surface area (Å²) in [5.41, 5.74) is 0. The summed E-state index contributed by atoms with van der Waals surface area (Å²) in [6.45, 7) is 1.89. The molecule has 2 unspecified atom stereocenters. The monoisotopic (exact) mass is 336 g/mol. The van der Waals surface area contributed by atoms with E-state index in [1.807, 2.05) is 6.92 Å². The maximum Gasteiger partial charge on any atom is 0.322 e. The third-order valence-electron chi connectivity index (χ3n) is 4.39. The topological polar surface area (TPSA) is 77.9 Å². The Bertz CT molecular complexity index is 477. The molecule has 0 aromatic heterocycles. The second kappa shape index (κ2) is 6.85. The molecule has 0 radical (unpaired) electrons. The van der Waals surface area contributed by atoms with E-state index >= 15 is 0 Å². The van der Waals surface area contributed by atoms with Crippen LogP contribution in [0.15, 0.2) is 0 Å². The van der Waals surface area contributed by atoms with Gasteiger partial charge in [0.25, 0.3) is 10.2 Å². The predicted octanol–water partition coefficient (Wildman–Crippen LogP) is 1.73. The van der Waals surface area contributed by atoms with E-state index in [4.69, 9.17) is 0 Å². The number of rotatable bonds is 5. The molecule has 1 heterocycles. The van der Waals surface area contributed by atoms with Crippen molar-refractivity contribution < 1.29 is 18.3 Å². The van der Waals surface area contributed by atoms with Gasteiger partial charge in [0.1, 0.15) is 6.04 Å². The molecule has 8 heteroatoms. The molecule has 122 valence electrons. The molecule has 21 heavy (non-hydrogen) atoms. The average molecular weight is 336 g/mol. The lowest BCUT2D eigenvalue weighted by Gasteiger charge is -2.36. The van der Waals surface area contributed by atoms with Crippen LogP contribution in [-0.4, -0.2) is 58.4 Å². The Morgan fingerprint density at radius 1 is 1.33 bits per heavy atom. The Balaban J connectivity index is 2.24. The van der Waals surface area contributed by atoms with Gasteiger partial charge in [-0.3, -0.25) is 4.79 Å². The molecule has 6 nitrogen and oxygen atoms in total. The molecule has 2 fully saturated rings. The van der Waals surface area contributed by atoms with Gasteiger partial charge in [0.2, 0.25) is 0 Å². The molecule has 1 aliphatic heterocycles. The minimum absolute atomic E-state index is 0.00120. The van der Waals surface area contributed by atoms with Crippen LogP contribution in [0.1, 0.15) is 45.4 Å². The van der Waals surface area contributed by atoms with Crippen LogP contribution in [0.5, 0.6) is 0 Å². The van der Waals surface area contributed by atoms with Gasteiger partial charge < -0.3 is 5.11 Å². The van der Waals surface area contributed by atoms with Gasteiger partial charge >= 0.3 is 5.97 Å². The third-order valence-corrected chi connectivity index (χ3v) is 8.05. The first-order valence-corrected chi connectivity index (χ1v) is 9.95. The number of carboxylic acid groups (broad SMARTS) is 1. The van der Waals surface area contributed by atoms with E-state index < -0.39 is 22.2 Å². The maximum atomic E-state index is 12.9. The largest absolute Gasteiger partial charge is 0.480 e. The average Bonchev–Trinajstić information content (AvgIpc) is 2.92. The molecule has 0 aromatic carbocycles. The highest BCUT2D eigenvalue weighted by Crippen LogP contribution is 2.36. The van der Waals surface area contributed by atoms with Crippen LogP contribution < -0.4 is 0 Å². The molecule has 1 N–H and O–H groups in total. The zero-order chi connectivity index (χ0) is 15.6. The Kier molecular flexibility index (Phi) is 5.56. The van der Waals surface area contributed by atoms with E-state index in [2.05, 4.69) is 0 Å². The van der Waals surface area contributed by atoms with Crippen LogP contribution in [0.2, 0.25) is 0 Å². The molecular weight excluding hydrogens is 312 g/mol. The molecule has 0 spiro atoms. The Hall–Kier alpha value is -0.310. The van der Waals surface area contributed by atoms with Crippen molar-refractivity contribution in [2.24, 2.45) is 0 Å². The van der Waals surface area contributed by atoms with Crippen LogP contribution in [0.3, 0.4) is 0 Å². The molecule has 2 aliphatic rings. The number of hydrogen-bond donors (Lipinski definition) is 1. The summed E-state index contributed by atoms with van der Waals surface area (Å²) in [5.74, 6) is -0.731. The summed E-state index contributed by atoms with van der Waals surface area (Å²) in [6.07, 6.45) is 5.58. The van der Waals surface area contributed by atoms with Crippen molar-refractivity contribution in [1.29, 1.82) is 0 Å². The van der Waals surface area contributed by atoms with E-state index in [1.54, 1.807) is 7.05 Å².